The molecule has 10 radical (unpaired) electrons. The van der Waals surface area contributed by atoms with E-state index < -0.39 is 0 Å². The van der Waals surface area contributed by atoms with Crippen molar-refractivity contribution >= 4 is 39.1 Å². The molecule has 1 nitrogen and oxygen atoms in total. The van der Waals surface area contributed by atoms with Crippen molar-refractivity contribution in [2.45, 2.75) is 0 Å². The molecule has 1 N–H and O–H groups in total. The molecule has 26 heavy (non-hydrogen) atoms. The van der Waals surface area contributed by atoms with Gasteiger partial charge in [-0.2, -0.15) is 0 Å². The van der Waals surface area contributed by atoms with Gasteiger partial charge in [0.15, 0.2) is 0 Å². The van der Waals surface area contributed by atoms with E-state index in [0.29, 0.717) is 0 Å². The Morgan fingerprint density at radius 3 is 2.08 bits per heavy atom. The number of hydrogen-bond acceptors (Lipinski definition) is 1. The van der Waals surface area contributed by atoms with Crippen LogP contribution in [0, 0.1) is 63.7 Å². The normalized spacial score (nSPS) is 17.5. The Balaban J connectivity index is 0.000000351. The van der Waals surface area contributed by atoms with Crippen molar-refractivity contribution in [3.05, 3.63) is 116 Å². The minimum atomic E-state index is 0. The number of hydrogen-bond donors (Lipinski definition) is 1. The molecule has 0 heterocycles. The molecule has 4 rings (SSSR count). The summed E-state index contributed by atoms with van der Waals surface area (Å²) in [5.74, 6) is 1.26. The van der Waals surface area contributed by atoms with Crippen LogP contribution in [0.2, 0.25) is 0 Å². The number of rotatable bonds is 4. The Labute approximate surface area is 183 Å². The molecule has 0 saturated heterocycles. The monoisotopic (exact) mass is 493 g/mol. The van der Waals surface area contributed by atoms with Crippen LogP contribution in [0.5, 0.6) is 0 Å². The van der Waals surface area contributed by atoms with Crippen molar-refractivity contribution in [1.82, 2.24) is 0 Å². The summed E-state index contributed by atoms with van der Waals surface area (Å²) in [6, 6.07) is 14.9. The van der Waals surface area contributed by atoms with E-state index >= 15 is 0 Å². The van der Waals surface area contributed by atoms with Gasteiger partial charge in [-0.15, -0.1) is 0 Å². The number of halogens is 1. The maximum absolute atomic E-state index is 3.47. The van der Waals surface area contributed by atoms with Crippen molar-refractivity contribution in [1.29, 1.82) is 0 Å². The van der Waals surface area contributed by atoms with Gasteiger partial charge in [-0.25, -0.2) is 0 Å². The van der Waals surface area contributed by atoms with E-state index in [1.54, 1.807) is 0 Å². The zero-order valence-electron chi connectivity index (χ0n) is 14.3. The van der Waals surface area contributed by atoms with E-state index in [1.165, 1.54) is 20.3 Å². The molecule has 0 aliphatic heterocycles. The molecule has 2 aromatic rings. The van der Waals surface area contributed by atoms with Gasteiger partial charge < -0.3 is 5.32 Å². The van der Waals surface area contributed by atoms with E-state index in [2.05, 4.69) is 102 Å². The van der Waals surface area contributed by atoms with Gasteiger partial charge in [0, 0.05) is 21.7 Å². The SMILES string of the molecule is I/C(=C\[C]1[CH][CH][CH][CH]1)CNc1ccc2ccccc2c1.[CH]1[CH][CH][CH][CH]1.[Fe+2]. The van der Waals surface area contributed by atoms with E-state index in [9.17, 15) is 0 Å². The summed E-state index contributed by atoms with van der Waals surface area (Å²) in [6.07, 6.45) is 20.6. The molecule has 2 saturated carbocycles. The van der Waals surface area contributed by atoms with Crippen molar-refractivity contribution < 1.29 is 17.1 Å². The second-order valence-electron chi connectivity index (χ2n) is 5.69. The maximum atomic E-state index is 3.47. The van der Waals surface area contributed by atoms with Gasteiger partial charge in [-0.05, 0) is 103 Å². The summed E-state index contributed by atoms with van der Waals surface area (Å²) >= 11 is 2.39. The maximum Gasteiger partial charge on any atom is 2.00 e. The molecular weight excluding hydrogens is 473 g/mol. The molecular formula is C23H20FeIN+2. The van der Waals surface area contributed by atoms with Crippen LogP contribution in [-0.2, 0) is 17.1 Å². The number of allylic oxidation sites excluding steroid dienone is 1. The molecule has 0 bridgehead atoms. The third-order valence-electron chi connectivity index (χ3n) is 3.78. The molecule has 0 spiro atoms. The Kier molecular flexibility index (Phi) is 10.1. The van der Waals surface area contributed by atoms with Crippen LogP contribution >= 0.6 is 22.6 Å². The van der Waals surface area contributed by atoms with Crippen molar-refractivity contribution in [3.8, 4) is 0 Å². The second kappa shape index (κ2) is 12.0. The summed E-state index contributed by atoms with van der Waals surface area (Å²) in [5.41, 5.74) is 1.16. The van der Waals surface area contributed by atoms with Gasteiger partial charge in [-0.1, -0.05) is 36.4 Å². The molecule has 2 fully saturated rings. The average Bonchev–Trinajstić information content (AvgIpc) is 3.36. The first-order valence-electron chi connectivity index (χ1n) is 8.28. The zero-order chi connectivity index (χ0) is 17.3. The van der Waals surface area contributed by atoms with Crippen LogP contribution in [0.4, 0.5) is 5.69 Å². The zero-order valence-corrected chi connectivity index (χ0v) is 17.5. The third kappa shape index (κ3) is 7.25. The number of benzene rings is 2. The van der Waals surface area contributed by atoms with Crippen LogP contribution in [0.25, 0.3) is 10.8 Å². The quantitative estimate of drug-likeness (QED) is 0.408. The molecule has 2 aromatic carbocycles. The minimum absolute atomic E-state index is 0. The summed E-state index contributed by atoms with van der Waals surface area (Å²) in [6.45, 7) is 0.851. The Morgan fingerprint density at radius 2 is 1.42 bits per heavy atom. The summed E-state index contributed by atoms with van der Waals surface area (Å²) in [4.78, 5) is 0. The van der Waals surface area contributed by atoms with E-state index in [0.717, 1.165) is 12.2 Å². The molecule has 2 aliphatic rings. The van der Waals surface area contributed by atoms with Gasteiger partial charge in [0.2, 0.25) is 0 Å². The summed E-state index contributed by atoms with van der Waals surface area (Å²) < 4.78 is 1.29. The Hall–Kier alpha value is -0.511. The number of nitrogens with one attached hydrogen (secondary N) is 1. The predicted molar refractivity (Wildman–Crippen MR) is 116 cm³/mol. The van der Waals surface area contributed by atoms with E-state index in [4.69, 9.17) is 0 Å². The first kappa shape index (κ1) is 21.8. The molecule has 0 atom stereocenters. The predicted octanol–water partition coefficient (Wildman–Crippen LogP) is 5.99. The van der Waals surface area contributed by atoms with Crippen LogP contribution in [0.3, 0.4) is 0 Å². The first-order chi connectivity index (χ1) is 12.3. The minimum Gasteiger partial charge on any atom is -0.380 e. The van der Waals surface area contributed by atoms with Crippen molar-refractivity contribution in [3.63, 3.8) is 0 Å². The largest absolute Gasteiger partial charge is 2.00 e. The summed E-state index contributed by atoms with van der Waals surface area (Å²) in [7, 11) is 0. The average molecular weight is 493 g/mol. The summed E-state index contributed by atoms with van der Waals surface area (Å²) in [5, 5.41) is 6.02. The molecule has 3 heteroatoms. The van der Waals surface area contributed by atoms with Gasteiger partial charge in [-0.3, -0.25) is 0 Å². The van der Waals surface area contributed by atoms with Gasteiger partial charge in [0.05, 0.1) is 0 Å². The van der Waals surface area contributed by atoms with E-state index in [-0.39, 0.29) is 17.1 Å². The first-order valence-corrected chi connectivity index (χ1v) is 9.36. The fraction of sp³-hybridized carbons (Fsp3) is 0.0435. The van der Waals surface area contributed by atoms with Crippen molar-refractivity contribution in [2.24, 2.45) is 0 Å². The van der Waals surface area contributed by atoms with Crippen molar-refractivity contribution in [2.75, 3.05) is 11.9 Å². The van der Waals surface area contributed by atoms with Crippen LogP contribution < -0.4 is 5.32 Å². The molecule has 2 aliphatic carbocycles. The Bertz CT molecular complexity index is 680. The number of fused-ring (bicyclic) bond motifs is 1. The van der Waals surface area contributed by atoms with Gasteiger partial charge >= 0.3 is 17.1 Å². The van der Waals surface area contributed by atoms with Gasteiger partial charge in [0.1, 0.15) is 0 Å². The van der Waals surface area contributed by atoms with Crippen LogP contribution in [-0.4, -0.2) is 6.54 Å². The van der Waals surface area contributed by atoms with Crippen LogP contribution in [0.15, 0.2) is 52.1 Å². The topological polar surface area (TPSA) is 12.0 Å². The fourth-order valence-corrected chi connectivity index (χ4v) is 3.07. The molecule has 130 valence electrons. The second-order valence-corrected chi connectivity index (χ2v) is 7.07. The fourth-order valence-electron chi connectivity index (χ4n) is 2.52. The van der Waals surface area contributed by atoms with Gasteiger partial charge in [0.25, 0.3) is 0 Å². The van der Waals surface area contributed by atoms with Crippen LogP contribution in [0.1, 0.15) is 0 Å². The molecule has 0 unspecified atom stereocenters. The molecule has 0 amide bonds. The Morgan fingerprint density at radius 1 is 0.808 bits per heavy atom. The van der Waals surface area contributed by atoms with E-state index in [1.807, 2.05) is 32.1 Å². The number of anilines is 1. The smallest absolute Gasteiger partial charge is 0.380 e. The standard InChI is InChI=1S/C18H15IN.C5H5.Fe/c19-17(11-14-5-1-2-6-14)13-20-18-10-9-15-7-3-4-8-16(15)12-18;1-2-4-5-3-1;/h1-12,20H,13H2;1-5H;/q;;+2/b17-11-;;. The molecule has 0 aromatic heterocycles. The third-order valence-corrected chi connectivity index (χ3v) is 4.47.